The van der Waals surface area contributed by atoms with Gasteiger partial charge in [-0.05, 0) is 0 Å². The van der Waals surface area contributed by atoms with Gasteiger partial charge in [-0.25, -0.2) is 0 Å². The normalized spacial score (nSPS) is 15.2. The van der Waals surface area contributed by atoms with Gasteiger partial charge in [0.15, 0.2) is 0 Å². The molecule has 4 N–H and O–H groups in total. The fraction of sp³-hybridized carbons (Fsp3) is 1.00. The number of ether oxygens (including phenoxy) is 2. The Morgan fingerprint density at radius 1 is 0.933 bits per heavy atom. The predicted molar refractivity (Wildman–Crippen MR) is 52.4 cm³/mol. The maximum absolute atomic E-state index is 9.09. The van der Waals surface area contributed by atoms with Gasteiger partial charge in [0.25, 0.3) is 0 Å². The second-order valence-corrected chi connectivity index (χ2v) is 3.08. The molecule has 0 fully saturated rings. The summed E-state index contributed by atoms with van der Waals surface area (Å²) in [5.41, 5.74) is 0. The van der Waals surface area contributed by atoms with Crippen LogP contribution >= 0.6 is 0 Å². The molecule has 0 bridgehead atoms. The van der Waals surface area contributed by atoms with Crippen molar-refractivity contribution in [1.82, 2.24) is 0 Å². The van der Waals surface area contributed by atoms with E-state index in [1.54, 1.807) is 0 Å². The Kier molecular flexibility index (Phi) is 10.1. The monoisotopic (exact) mass is 224 g/mol. The maximum Gasteiger partial charge on any atom is 0.0832 e. The third-order valence-electron chi connectivity index (χ3n) is 1.77. The summed E-state index contributed by atoms with van der Waals surface area (Å²) in [6.07, 6.45) is -1.18. The van der Waals surface area contributed by atoms with Crippen LogP contribution in [-0.4, -0.2) is 72.3 Å². The minimum atomic E-state index is -0.875. The van der Waals surface area contributed by atoms with Crippen molar-refractivity contribution < 1.29 is 29.9 Å². The molecule has 0 radical (unpaired) electrons. The third-order valence-corrected chi connectivity index (χ3v) is 1.77. The van der Waals surface area contributed by atoms with Crippen LogP contribution in [0.4, 0.5) is 0 Å². The van der Waals surface area contributed by atoms with Gasteiger partial charge in [0, 0.05) is 6.42 Å². The van der Waals surface area contributed by atoms with E-state index in [-0.39, 0.29) is 39.5 Å². The lowest BCUT2D eigenvalue weighted by Crippen LogP contribution is -2.27. The van der Waals surface area contributed by atoms with Crippen LogP contribution in [0.2, 0.25) is 0 Å². The van der Waals surface area contributed by atoms with Gasteiger partial charge in [-0.2, -0.15) is 0 Å². The minimum absolute atomic E-state index is 0.0351. The van der Waals surface area contributed by atoms with Crippen molar-refractivity contribution in [3.05, 3.63) is 0 Å². The summed E-state index contributed by atoms with van der Waals surface area (Å²) in [5, 5.41) is 35.0. The summed E-state index contributed by atoms with van der Waals surface area (Å²) in [7, 11) is 0. The van der Waals surface area contributed by atoms with E-state index in [1.165, 1.54) is 0 Å². The number of hydrogen-bond acceptors (Lipinski definition) is 6. The standard InChI is InChI=1S/C9H20O6/c10-1-2-14-3-4-15-9(7-12)5-8(13)6-11/h8-13H,1-7H2. The third kappa shape index (κ3) is 8.73. The Bertz CT molecular complexity index is 132. The van der Waals surface area contributed by atoms with Gasteiger partial charge in [0.05, 0.1) is 51.8 Å². The van der Waals surface area contributed by atoms with Crippen LogP contribution in [0.5, 0.6) is 0 Å². The molecule has 2 unspecified atom stereocenters. The smallest absolute Gasteiger partial charge is 0.0832 e. The minimum Gasteiger partial charge on any atom is -0.394 e. The van der Waals surface area contributed by atoms with Crippen LogP contribution in [0.1, 0.15) is 6.42 Å². The highest BCUT2D eigenvalue weighted by Crippen LogP contribution is 2.02. The Morgan fingerprint density at radius 2 is 1.67 bits per heavy atom. The van der Waals surface area contributed by atoms with Crippen molar-refractivity contribution in [1.29, 1.82) is 0 Å². The molecule has 0 aliphatic rings. The van der Waals surface area contributed by atoms with Gasteiger partial charge in [0.2, 0.25) is 0 Å². The molecule has 6 nitrogen and oxygen atoms in total. The highest BCUT2D eigenvalue weighted by molar-refractivity contribution is 4.63. The van der Waals surface area contributed by atoms with Gasteiger partial charge >= 0.3 is 0 Å². The molecule has 0 amide bonds. The summed E-state index contributed by atoms with van der Waals surface area (Å²) < 4.78 is 10.1. The van der Waals surface area contributed by atoms with Crippen LogP contribution in [0.25, 0.3) is 0 Å². The van der Waals surface area contributed by atoms with Crippen molar-refractivity contribution in [3.8, 4) is 0 Å². The molecule has 0 saturated heterocycles. The average Bonchev–Trinajstić information content (AvgIpc) is 2.26. The summed E-state index contributed by atoms with van der Waals surface area (Å²) in [4.78, 5) is 0. The Labute approximate surface area is 89.1 Å². The first-order valence-electron chi connectivity index (χ1n) is 4.94. The number of rotatable bonds is 10. The first kappa shape index (κ1) is 14.8. The molecule has 0 aromatic rings. The quantitative estimate of drug-likeness (QED) is 0.324. The summed E-state index contributed by atoms with van der Waals surface area (Å²) >= 11 is 0. The van der Waals surface area contributed by atoms with Crippen molar-refractivity contribution in [2.24, 2.45) is 0 Å². The van der Waals surface area contributed by atoms with Crippen LogP contribution < -0.4 is 0 Å². The van der Waals surface area contributed by atoms with Crippen molar-refractivity contribution in [2.45, 2.75) is 18.6 Å². The zero-order valence-electron chi connectivity index (χ0n) is 8.71. The van der Waals surface area contributed by atoms with Crippen LogP contribution in [0, 0.1) is 0 Å². The van der Waals surface area contributed by atoms with E-state index in [2.05, 4.69) is 0 Å². The van der Waals surface area contributed by atoms with Gasteiger partial charge in [-0.3, -0.25) is 0 Å². The van der Waals surface area contributed by atoms with Crippen molar-refractivity contribution >= 4 is 0 Å². The topological polar surface area (TPSA) is 99.4 Å². The van der Waals surface area contributed by atoms with Crippen molar-refractivity contribution in [3.63, 3.8) is 0 Å². The Morgan fingerprint density at radius 3 is 2.20 bits per heavy atom. The lowest BCUT2D eigenvalue weighted by molar-refractivity contribution is -0.0486. The molecule has 0 aromatic heterocycles. The van der Waals surface area contributed by atoms with E-state index in [9.17, 15) is 0 Å². The fourth-order valence-corrected chi connectivity index (χ4v) is 1.01. The van der Waals surface area contributed by atoms with E-state index < -0.39 is 12.2 Å². The second kappa shape index (κ2) is 10.3. The molecular formula is C9H20O6. The predicted octanol–water partition coefficient (Wildman–Crippen LogP) is -1.88. The lowest BCUT2D eigenvalue weighted by atomic mass is 10.2. The Balaban J connectivity index is 3.44. The first-order valence-corrected chi connectivity index (χ1v) is 4.94. The molecule has 0 rings (SSSR count). The second-order valence-electron chi connectivity index (χ2n) is 3.08. The van der Waals surface area contributed by atoms with Gasteiger partial charge in [-0.15, -0.1) is 0 Å². The summed E-state index contributed by atoms with van der Waals surface area (Å²) in [6.45, 7) is 0.270. The molecule has 0 heterocycles. The lowest BCUT2D eigenvalue weighted by Gasteiger charge is -2.17. The van der Waals surface area contributed by atoms with E-state index >= 15 is 0 Å². The zero-order valence-corrected chi connectivity index (χ0v) is 8.71. The van der Waals surface area contributed by atoms with Crippen LogP contribution in [-0.2, 0) is 9.47 Å². The number of hydrogen-bond donors (Lipinski definition) is 4. The van der Waals surface area contributed by atoms with Gasteiger partial charge in [-0.1, -0.05) is 0 Å². The molecule has 0 aliphatic carbocycles. The zero-order chi connectivity index (χ0) is 11.5. The number of aliphatic hydroxyl groups excluding tert-OH is 4. The largest absolute Gasteiger partial charge is 0.394 e. The summed E-state index contributed by atoms with van der Waals surface area (Å²) in [6, 6.07) is 0. The van der Waals surface area contributed by atoms with Gasteiger partial charge in [0.1, 0.15) is 0 Å². The van der Waals surface area contributed by atoms with Crippen molar-refractivity contribution in [2.75, 3.05) is 39.6 Å². The highest BCUT2D eigenvalue weighted by Gasteiger charge is 2.13. The SMILES string of the molecule is OCCOCCOC(CO)CC(O)CO. The molecule has 92 valence electrons. The van der Waals surface area contributed by atoms with Gasteiger partial charge < -0.3 is 29.9 Å². The molecule has 6 heteroatoms. The molecule has 0 aliphatic heterocycles. The average molecular weight is 224 g/mol. The van der Waals surface area contributed by atoms with Crippen LogP contribution in [0.15, 0.2) is 0 Å². The number of aliphatic hydroxyl groups is 4. The first-order chi connectivity index (χ1) is 7.24. The Hall–Kier alpha value is -0.240. The van der Waals surface area contributed by atoms with E-state index in [0.29, 0.717) is 6.61 Å². The van der Waals surface area contributed by atoms with E-state index in [4.69, 9.17) is 29.9 Å². The maximum atomic E-state index is 9.09. The molecule has 15 heavy (non-hydrogen) atoms. The highest BCUT2D eigenvalue weighted by atomic mass is 16.5. The fourth-order valence-electron chi connectivity index (χ4n) is 1.01. The molecule has 0 saturated carbocycles. The molecule has 2 atom stereocenters. The summed E-state index contributed by atoms with van der Waals surface area (Å²) in [5.74, 6) is 0. The molecule has 0 spiro atoms. The van der Waals surface area contributed by atoms with Crippen LogP contribution in [0.3, 0.4) is 0 Å². The van der Waals surface area contributed by atoms with E-state index in [0.717, 1.165) is 0 Å². The molecule has 0 aromatic carbocycles. The van der Waals surface area contributed by atoms with E-state index in [1.807, 2.05) is 0 Å². The molecular weight excluding hydrogens is 204 g/mol.